The van der Waals surface area contributed by atoms with Crippen LogP contribution in [0, 0.1) is 6.92 Å². The Morgan fingerprint density at radius 3 is 2.71 bits per heavy atom. The molecule has 114 valence electrons. The molecule has 0 aromatic heterocycles. The standard InChI is InChI=1S/C16H21NO4/c1-12-7-3-4-8-13(12)21-11-14(18)17-10-6-5-9-16(17,2)15(19)20/h3-4,7-8H,5-6,9-11H2,1-2H3,(H,19,20). The van der Waals surface area contributed by atoms with Gasteiger partial charge in [-0.25, -0.2) is 4.79 Å². The molecule has 0 aliphatic carbocycles. The second kappa shape index (κ2) is 6.16. The first kappa shape index (κ1) is 15.4. The third-order valence-corrected chi connectivity index (χ3v) is 4.10. The average Bonchev–Trinajstić information content (AvgIpc) is 2.46. The summed E-state index contributed by atoms with van der Waals surface area (Å²) >= 11 is 0. The van der Waals surface area contributed by atoms with Crippen LogP contribution in [0.5, 0.6) is 5.75 Å². The summed E-state index contributed by atoms with van der Waals surface area (Å²) in [6.45, 7) is 3.86. The number of piperidine rings is 1. The highest BCUT2D eigenvalue weighted by molar-refractivity contribution is 5.87. The van der Waals surface area contributed by atoms with Gasteiger partial charge in [0, 0.05) is 6.54 Å². The Kier molecular flexibility index (Phi) is 4.50. The summed E-state index contributed by atoms with van der Waals surface area (Å²) in [6.07, 6.45) is 2.14. The fourth-order valence-electron chi connectivity index (χ4n) is 2.68. The van der Waals surface area contributed by atoms with Crippen LogP contribution in [0.2, 0.25) is 0 Å². The number of hydrogen-bond acceptors (Lipinski definition) is 3. The van der Waals surface area contributed by atoms with E-state index in [1.54, 1.807) is 13.0 Å². The SMILES string of the molecule is Cc1ccccc1OCC(=O)N1CCCCC1(C)C(=O)O. The number of hydrogen-bond donors (Lipinski definition) is 1. The second-order valence-electron chi connectivity index (χ2n) is 5.64. The van der Waals surface area contributed by atoms with E-state index in [-0.39, 0.29) is 12.5 Å². The molecule has 5 nitrogen and oxygen atoms in total. The highest BCUT2D eigenvalue weighted by Crippen LogP contribution is 2.28. The molecule has 1 atom stereocenters. The van der Waals surface area contributed by atoms with E-state index in [0.29, 0.717) is 18.7 Å². The molecule has 1 heterocycles. The molecule has 0 saturated carbocycles. The molecular formula is C16H21NO4. The first-order valence-electron chi connectivity index (χ1n) is 7.17. The molecule has 1 amide bonds. The van der Waals surface area contributed by atoms with E-state index in [0.717, 1.165) is 18.4 Å². The topological polar surface area (TPSA) is 66.8 Å². The number of likely N-dealkylation sites (tertiary alicyclic amines) is 1. The fraction of sp³-hybridized carbons (Fsp3) is 0.500. The van der Waals surface area contributed by atoms with Crippen LogP contribution in [0.3, 0.4) is 0 Å². The van der Waals surface area contributed by atoms with E-state index in [1.807, 2.05) is 25.1 Å². The summed E-state index contributed by atoms with van der Waals surface area (Å²) in [6, 6.07) is 7.45. The van der Waals surface area contributed by atoms with E-state index in [1.165, 1.54) is 4.90 Å². The molecule has 1 saturated heterocycles. The predicted octanol–water partition coefficient (Wildman–Crippen LogP) is 2.23. The summed E-state index contributed by atoms with van der Waals surface area (Å²) in [5.41, 5.74) is -0.172. The van der Waals surface area contributed by atoms with Gasteiger partial charge >= 0.3 is 5.97 Å². The minimum Gasteiger partial charge on any atom is -0.484 e. The van der Waals surface area contributed by atoms with Gasteiger partial charge in [0.05, 0.1) is 0 Å². The van der Waals surface area contributed by atoms with Crippen LogP contribution in [-0.4, -0.2) is 40.6 Å². The average molecular weight is 291 g/mol. The Bertz CT molecular complexity index is 543. The second-order valence-corrected chi connectivity index (χ2v) is 5.64. The first-order chi connectivity index (χ1) is 9.95. The van der Waals surface area contributed by atoms with Gasteiger partial charge < -0.3 is 14.7 Å². The van der Waals surface area contributed by atoms with Gasteiger partial charge in [-0.1, -0.05) is 18.2 Å². The van der Waals surface area contributed by atoms with E-state index >= 15 is 0 Å². The number of carbonyl (C=O) groups excluding carboxylic acids is 1. The zero-order valence-electron chi connectivity index (χ0n) is 12.5. The molecule has 0 spiro atoms. The molecular weight excluding hydrogens is 270 g/mol. The Balaban J connectivity index is 2.05. The maximum atomic E-state index is 12.3. The summed E-state index contributed by atoms with van der Waals surface area (Å²) < 4.78 is 5.54. The van der Waals surface area contributed by atoms with Crippen molar-refractivity contribution in [3.63, 3.8) is 0 Å². The molecule has 2 rings (SSSR count). The monoisotopic (exact) mass is 291 g/mol. The number of amides is 1. The zero-order valence-corrected chi connectivity index (χ0v) is 12.5. The number of para-hydroxylation sites is 1. The maximum Gasteiger partial charge on any atom is 0.329 e. The Labute approximate surface area is 124 Å². The lowest BCUT2D eigenvalue weighted by Crippen LogP contribution is -2.58. The molecule has 1 aliphatic heterocycles. The maximum absolute atomic E-state index is 12.3. The summed E-state index contributed by atoms with van der Waals surface area (Å²) in [7, 11) is 0. The van der Waals surface area contributed by atoms with E-state index < -0.39 is 11.5 Å². The molecule has 1 N–H and O–H groups in total. The number of rotatable bonds is 4. The van der Waals surface area contributed by atoms with E-state index in [4.69, 9.17) is 4.74 Å². The third-order valence-electron chi connectivity index (χ3n) is 4.10. The van der Waals surface area contributed by atoms with Crippen LogP contribution in [0.1, 0.15) is 31.7 Å². The Morgan fingerprint density at radius 1 is 1.33 bits per heavy atom. The quantitative estimate of drug-likeness (QED) is 0.923. The molecule has 0 radical (unpaired) electrons. The number of ether oxygens (including phenoxy) is 1. The molecule has 1 aromatic rings. The van der Waals surface area contributed by atoms with Gasteiger partial charge in [-0.2, -0.15) is 0 Å². The van der Waals surface area contributed by atoms with Gasteiger partial charge in [-0.05, 0) is 44.7 Å². The lowest BCUT2D eigenvalue weighted by molar-refractivity contribution is -0.161. The lowest BCUT2D eigenvalue weighted by Gasteiger charge is -2.41. The van der Waals surface area contributed by atoms with Gasteiger partial charge in [0.15, 0.2) is 6.61 Å². The summed E-state index contributed by atoms with van der Waals surface area (Å²) in [5.74, 6) is -0.575. The van der Waals surface area contributed by atoms with Crippen molar-refractivity contribution in [1.29, 1.82) is 0 Å². The van der Waals surface area contributed by atoms with Crippen LogP contribution < -0.4 is 4.74 Å². The van der Waals surface area contributed by atoms with Gasteiger partial charge in [0.2, 0.25) is 0 Å². The van der Waals surface area contributed by atoms with Crippen molar-refractivity contribution < 1.29 is 19.4 Å². The smallest absolute Gasteiger partial charge is 0.329 e. The van der Waals surface area contributed by atoms with Gasteiger partial charge in [-0.15, -0.1) is 0 Å². The molecule has 21 heavy (non-hydrogen) atoms. The largest absolute Gasteiger partial charge is 0.484 e. The first-order valence-corrected chi connectivity index (χ1v) is 7.17. The number of carboxylic acids is 1. The van der Waals surface area contributed by atoms with Crippen LogP contribution in [0.25, 0.3) is 0 Å². The Morgan fingerprint density at radius 2 is 2.05 bits per heavy atom. The van der Waals surface area contributed by atoms with E-state index in [9.17, 15) is 14.7 Å². The van der Waals surface area contributed by atoms with Crippen LogP contribution in [0.4, 0.5) is 0 Å². The van der Waals surface area contributed by atoms with Crippen molar-refractivity contribution in [2.45, 2.75) is 38.6 Å². The third kappa shape index (κ3) is 3.17. The van der Waals surface area contributed by atoms with Gasteiger partial charge in [-0.3, -0.25) is 4.79 Å². The van der Waals surface area contributed by atoms with Gasteiger partial charge in [0.1, 0.15) is 11.3 Å². The van der Waals surface area contributed by atoms with Crippen molar-refractivity contribution in [2.24, 2.45) is 0 Å². The minimum atomic E-state index is -1.12. The van der Waals surface area contributed by atoms with Crippen molar-refractivity contribution in [2.75, 3.05) is 13.2 Å². The highest BCUT2D eigenvalue weighted by Gasteiger charge is 2.43. The fourth-order valence-corrected chi connectivity index (χ4v) is 2.68. The number of nitrogens with zero attached hydrogens (tertiary/aromatic N) is 1. The predicted molar refractivity (Wildman–Crippen MR) is 78.3 cm³/mol. The van der Waals surface area contributed by atoms with Crippen LogP contribution in [-0.2, 0) is 9.59 Å². The summed E-state index contributed by atoms with van der Waals surface area (Å²) in [5, 5.41) is 9.41. The molecule has 0 bridgehead atoms. The molecule has 1 fully saturated rings. The summed E-state index contributed by atoms with van der Waals surface area (Å²) in [4.78, 5) is 25.3. The Hall–Kier alpha value is -2.04. The molecule has 5 heteroatoms. The minimum absolute atomic E-state index is 0.131. The normalized spacial score (nSPS) is 21.9. The zero-order chi connectivity index (χ0) is 15.5. The highest BCUT2D eigenvalue weighted by atomic mass is 16.5. The lowest BCUT2D eigenvalue weighted by atomic mass is 9.88. The number of carboxylic acid groups (broad SMARTS) is 1. The number of aryl methyl sites for hydroxylation is 1. The van der Waals surface area contributed by atoms with Crippen molar-refractivity contribution in [3.8, 4) is 5.75 Å². The van der Waals surface area contributed by atoms with Crippen LogP contribution in [0.15, 0.2) is 24.3 Å². The molecule has 1 aliphatic rings. The molecule has 1 unspecified atom stereocenters. The van der Waals surface area contributed by atoms with E-state index in [2.05, 4.69) is 0 Å². The van der Waals surface area contributed by atoms with Crippen molar-refractivity contribution in [1.82, 2.24) is 4.90 Å². The van der Waals surface area contributed by atoms with Crippen molar-refractivity contribution >= 4 is 11.9 Å². The number of benzene rings is 1. The van der Waals surface area contributed by atoms with Crippen molar-refractivity contribution in [3.05, 3.63) is 29.8 Å². The number of carbonyl (C=O) groups is 2. The van der Waals surface area contributed by atoms with Crippen LogP contribution >= 0.6 is 0 Å². The number of aliphatic carboxylic acids is 1. The molecule has 1 aromatic carbocycles. The van der Waals surface area contributed by atoms with Gasteiger partial charge in [0.25, 0.3) is 5.91 Å².